The monoisotopic (exact) mass is 272 g/mol. The van der Waals surface area contributed by atoms with E-state index in [0.29, 0.717) is 18.0 Å². The summed E-state index contributed by atoms with van der Waals surface area (Å²) in [5.74, 6) is 1.69. The number of guanidine groups is 1. The van der Waals surface area contributed by atoms with Gasteiger partial charge in [-0.25, -0.2) is 0 Å². The molecule has 0 radical (unpaired) electrons. The molecule has 0 aromatic carbocycles. The normalized spacial score (nSPS) is 20.9. The van der Waals surface area contributed by atoms with Gasteiger partial charge < -0.3 is 10.6 Å². The van der Waals surface area contributed by atoms with Crippen LogP contribution in [0.4, 0.5) is 0 Å². The molecule has 0 spiro atoms. The molecule has 1 aliphatic rings. The van der Waals surface area contributed by atoms with Crippen molar-refractivity contribution in [3.05, 3.63) is 30.2 Å². The third-order valence-electron chi connectivity index (χ3n) is 3.85. The van der Waals surface area contributed by atoms with Crippen LogP contribution in [0.25, 0.3) is 5.65 Å². The summed E-state index contributed by atoms with van der Waals surface area (Å²) in [5.41, 5.74) is 1.23. The number of pyridine rings is 1. The Balaban J connectivity index is 1.63. The van der Waals surface area contributed by atoms with Crippen molar-refractivity contribution in [1.82, 2.24) is 25.2 Å². The fraction of sp³-hybridized carbons (Fsp3) is 0.500. The Morgan fingerprint density at radius 2 is 2.25 bits per heavy atom. The van der Waals surface area contributed by atoms with Gasteiger partial charge in [-0.1, -0.05) is 19.9 Å². The minimum atomic E-state index is 0.374. The summed E-state index contributed by atoms with van der Waals surface area (Å²) in [7, 11) is 1.78. The van der Waals surface area contributed by atoms with Crippen molar-refractivity contribution >= 4 is 11.6 Å². The predicted molar refractivity (Wildman–Crippen MR) is 78.5 cm³/mol. The molecule has 1 unspecified atom stereocenters. The smallest absolute Gasteiger partial charge is 0.191 e. The molecule has 1 atom stereocenters. The molecule has 0 saturated heterocycles. The first-order valence-electron chi connectivity index (χ1n) is 6.86. The maximum Gasteiger partial charge on any atom is 0.191 e. The number of nitrogens with one attached hydrogen (secondary N) is 2. The molecule has 106 valence electrons. The Morgan fingerprint density at radius 3 is 2.95 bits per heavy atom. The Labute approximate surface area is 118 Å². The van der Waals surface area contributed by atoms with Crippen molar-refractivity contribution in [2.45, 2.75) is 32.9 Å². The van der Waals surface area contributed by atoms with E-state index in [1.807, 2.05) is 28.8 Å². The van der Waals surface area contributed by atoms with E-state index in [1.54, 1.807) is 7.05 Å². The number of nitrogens with zero attached hydrogens (tertiary/aromatic N) is 4. The van der Waals surface area contributed by atoms with Crippen molar-refractivity contribution in [2.24, 2.45) is 10.4 Å². The molecule has 2 aromatic rings. The van der Waals surface area contributed by atoms with Crippen LogP contribution in [0.5, 0.6) is 0 Å². The van der Waals surface area contributed by atoms with Gasteiger partial charge in [-0.15, -0.1) is 10.2 Å². The van der Waals surface area contributed by atoms with Gasteiger partial charge in [0.1, 0.15) is 0 Å². The third kappa shape index (κ3) is 2.45. The van der Waals surface area contributed by atoms with Gasteiger partial charge in [0.15, 0.2) is 17.4 Å². The predicted octanol–water partition coefficient (Wildman–Crippen LogP) is 1.19. The number of hydrogen-bond donors (Lipinski definition) is 2. The van der Waals surface area contributed by atoms with E-state index in [2.05, 4.69) is 39.7 Å². The second kappa shape index (κ2) is 4.77. The SMILES string of the molecule is CN=C(NCc1nnc2ccccn12)NC1CC1(C)C. The maximum absolute atomic E-state index is 4.25. The molecule has 3 rings (SSSR count). The van der Waals surface area contributed by atoms with E-state index in [1.165, 1.54) is 6.42 Å². The molecular formula is C14H20N6. The quantitative estimate of drug-likeness (QED) is 0.651. The first kappa shape index (κ1) is 12.9. The van der Waals surface area contributed by atoms with Crippen LogP contribution in [0.3, 0.4) is 0 Å². The lowest BCUT2D eigenvalue weighted by molar-refractivity contribution is 0.588. The molecule has 0 amide bonds. The summed E-state index contributed by atoms with van der Waals surface area (Å²) in [6.07, 6.45) is 3.15. The highest BCUT2D eigenvalue weighted by Crippen LogP contribution is 2.44. The van der Waals surface area contributed by atoms with Crippen molar-refractivity contribution in [2.75, 3.05) is 7.05 Å². The Morgan fingerprint density at radius 1 is 1.45 bits per heavy atom. The van der Waals surface area contributed by atoms with Crippen molar-refractivity contribution in [3.8, 4) is 0 Å². The largest absolute Gasteiger partial charge is 0.353 e. The average molecular weight is 272 g/mol. The lowest BCUT2D eigenvalue weighted by Gasteiger charge is -2.12. The highest BCUT2D eigenvalue weighted by Gasteiger charge is 2.46. The molecule has 2 aromatic heterocycles. The van der Waals surface area contributed by atoms with Gasteiger partial charge in [0.25, 0.3) is 0 Å². The summed E-state index contributed by atoms with van der Waals surface area (Å²) in [6.45, 7) is 5.10. The van der Waals surface area contributed by atoms with Gasteiger partial charge >= 0.3 is 0 Å². The van der Waals surface area contributed by atoms with Crippen LogP contribution in [0.1, 0.15) is 26.1 Å². The molecule has 1 saturated carbocycles. The Hall–Kier alpha value is -2.11. The van der Waals surface area contributed by atoms with E-state index in [0.717, 1.165) is 17.4 Å². The minimum absolute atomic E-state index is 0.374. The summed E-state index contributed by atoms with van der Waals surface area (Å²) in [5, 5.41) is 15.0. The van der Waals surface area contributed by atoms with Crippen LogP contribution in [-0.4, -0.2) is 33.6 Å². The first-order chi connectivity index (χ1) is 9.60. The number of aliphatic imine (C=N–C) groups is 1. The molecule has 1 fully saturated rings. The third-order valence-corrected chi connectivity index (χ3v) is 3.85. The maximum atomic E-state index is 4.25. The molecule has 2 heterocycles. The molecule has 0 aliphatic heterocycles. The number of rotatable bonds is 3. The highest BCUT2D eigenvalue weighted by molar-refractivity contribution is 5.80. The minimum Gasteiger partial charge on any atom is -0.353 e. The molecule has 6 nitrogen and oxygen atoms in total. The van der Waals surface area contributed by atoms with E-state index >= 15 is 0 Å². The standard InChI is InChI=1S/C14H20N6/c1-14(2)8-10(14)17-13(15-3)16-9-12-19-18-11-6-4-5-7-20(11)12/h4-7,10H,8-9H2,1-3H3,(H2,15,16,17). The van der Waals surface area contributed by atoms with Gasteiger partial charge in [-0.3, -0.25) is 9.39 Å². The fourth-order valence-corrected chi connectivity index (χ4v) is 2.25. The number of aromatic nitrogens is 3. The van der Waals surface area contributed by atoms with Crippen LogP contribution < -0.4 is 10.6 Å². The average Bonchev–Trinajstić information content (AvgIpc) is 2.86. The first-order valence-corrected chi connectivity index (χ1v) is 6.86. The van der Waals surface area contributed by atoms with Crippen LogP contribution in [0, 0.1) is 5.41 Å². The lowest BCUT2D eigenvalue weighted by Crippen LogP contribution is -2.39. The topological polar surface area (TPSA) is 66.6 Å². The van der Waals surface area contributed by atoms with Crippen molar-refractivity contribution in [3.63, 3.8) is 0 Å². The van der Waals surface area contributed by atoms with Gasteiger partial charge in [0, 0.05) is 19.3 Å². The Kier molecular flexibility index (Phi) is 3.08. The molecule has 20 heavy (non-hydrogen) atoms. The van der Waals surface area contributed by atoms with Crippen LogP contribution in [0.2, 0.25) is 0 Å². The molecule has 2 N–H and O–H groups in total. The fourth-order valence-electron chi connectivity index (χ4n) is 2.25. The Bertz CT molecular complexity index is 642. The van der Waals surface area contributed by atoms with Gasteiger partial charge in [-0.2, -0.15) is 0 Å². The molecule has 0 bridgehead atoms. The zero-order valence-corrected chi connectivity index (χ0v) is 12.1. The van der Waals surface area contributed by atoms with Crippen LogP contribution in [0.15, 0.2) is 29.4 Å². The van der Waals surface area contributed by atoms with Crippen LogP contribution in [-0.2, 0) is 6.54 Å². The van der Waals surface area contributed by atoms with E-state index < -0.39 is 0 Å². The number of fused-ring (bicyclic) bond motifs is 1. The lowest BCUT2D eigenvalue weighted by atomic mass is 10.2. The van der Waals surface area contributed by atoms with E-state index in [9.17, 15) is 0 Å². The van der Waals surface area contributed by atoms with E-state index in [-0.39, 0.29) is 0 Å². The summed E-state index contributed by atoms with van der Waals surface area (Å²) in [4.78, 5) is 4.25. The van der Waals surface area contributed by atoms with Gasteiger partial charge in [-0.05, 0) is 24.0 Å². The second-order valence-corrected chi connectivity index (χ2v) is 5.86. The summed E-state index contributed by atoms with van der Waals surface area (Å²) in [6, 6.07) is 6.37. The number of hydrogen-bond acceptors (Lipinski definition) is 3. The van der Waals surface area contributed by atoms with E-state index in [4.69, 9.17) is 0 Å². The zero-order valence-electron chi connectivity index (χ0n) is 12.1. The zero-order chi connectivity index (χ0) is 14.2. The molecule has 1 aliphatic carbocycles. The van der Waals surface area contributed by atoms with Crippen LogP contribution >= 0.6 is 0 Å². The molecular weight excluding hydrogens is 252 g/mol. The van der Waals surface area contributed by atoms with Crippen molar-refractivity contribution < 1.29 is 0 Å². The summed E-state index contributed by atoms with van der Waals surface area (Å²) < 4.78 is 1.97. The highest BCUT2D eigenvalue weighted by atomic mass is 15.3. The van der Waals surface area contributed by atoms with Gasteiger partial charge in [0.2, 0.25) is 0 Å². The second-order valence-electron chi connectivity index (χ2n) is 5.86. The summed E-state index contributed by atoms with van der Waals surface area (Å²) >= 11 is 0. The van der Waals surface area contributed by atoms with Gasteiger partial charge in [0.05, 0.1) is 6.54 Å². The van der Waals surface area contributed by atoms with Crippen molar-refractivity contribution in [1.29, 1.82) is 0 Å². The molecule has 6 heteroatoms.